The smallest absolute Gasteiger partial charge is 0.314 e. The number of anilines is 2. The average Bonchev–Trinajstić information content (AvgIpc) is 2.47. The van der Waals surface area contributed by atoms with Gasteiger partial charge in [-0.05, 0) is 24.3 Å². The Balaban J connectivity index is 2.09. The number of hydrogen-bond donors (Lipinski definition) is 4. The van der Waals surface area contributed by atoms with Crippen LogP contribution < -0.4 is 16.4 Å². The van der Waals surface area contributed by atoms with E-state index in [-0.39, 0.29) is 22.7 Å². The van der Waals surface area contributed by atoms with Crippen molar-refractivity contribution in [1.29, 1.82) is 0 Å². The molecule has 0 saturated heterocycles. The van der Waals surface area contributed by atoms with E-state index in [4.69, 9.17) is 5.73 Å². The van der Waals surface area contributed by atoms with Crippen LogP contribution in [0.5, 0.6) is 5.75 Å². The van der Waals surface area contributed by atoms with E-state index in [2.05, 4.69) is 10.6 Å². The number of phenolic OH excluding ortho intramolecular Hbond substituents is 1. The lowest BCUT2D eigenvalue weighted by molar-refractivity contribution is -0.133. The molecule has 22 heavy (non-hydrogen) atoms. The summed E-state index contributed by atoms with van der Waals surface area (Å²) in [5, 5.41) is 13.9. The Hall–Kier alpha value is -3.35. The van der Waals surface area contributed by atoms with Crippen LogP contribution in [0.4, 0.5) is 11.4 Å². The minimum atomic E-state index is -0.961. The van der Waals surface area contributed by atoms with Gasteiger partial charge in [0.15, 0.2) is 0 Å². The van der Waals surface area contributed by atoms with Gasteiger partial charge in [0.25, 0.3) is 5.91 Å². The highest BCUT2D eigenvalue weighted by Gasteiger charge is 2.17. The van der Waals surface area contributed by atoms with Crippen LogP contribution in [0.2, 0.25) is 0 Å². The average molecular weight is 299 g/mol. The van der Waals surface area contributed by atoms with Crippen LogP contribution in [0.25, 0.3) is 0 Å². The molecule has 0 atom stereocenters. The summed E-state index contributed by atoms with van der Waals surface area (Å²) in [4.78, 5) is 34.9. The highest BCUT2D eigenvalue weighted by Crippen LogP contribution is 2.16. The Morgan fingerprint density at radius 2 is 1.59 bits per heavy atom. The van der Waals surface area contributed by atoms with E-state index in [0.29, 0.717) is 0 Å². The standard InChI is InChI=1S/C15H13N3O4/c16-13(20)11-6-1-2-7-12(11)18-15(22)14(21)17-9-4-3-5-10(19)8-9/h1-8,19H,(H2,16,20)(H,17,21)(H,18,22). The lowest BCUT2D eigenvalue weighted by Crippen LogP contribution is -2.30. The van der Waals surface area contributed by atoms with Gasteiger partial charge >= 0.3 is 11.8 Å². The van der Waals surface area contributed by atoms with Crippen LogP contribution in [0.15, 0.2) is 48.5 Å². The Bertz CT molecular complexity index is 743. The third-order valence-electron chi connectivity index (χ3n) is 2.75. The summed E-state index contributed by atoms with van der Waals surface area (Å²) >= 11 is 0. The summed E-state index contributed by atoms with van der Waals surface area (Å²) in [7, 11) is 0. The highest BCUT2D eigenvalue weighted by atomic mass is 16.3. The third-order valence-corrected chi connectivity index (χ3v) is 2.75. The Morgan fingerprint density at radius 3 is 2.27 bits per heavy atom. The minimum absolute atomic E-state index is 0.0442. The maximum absolute atomic E-state index is 11.8. The van der Waals surface area contributed by atoms with E-state index >= 15 is 0 Å². The molecule has 0 spiro atoms. The summed E-state index contributed by atoms with van der Waals surface area (Å²) in [5.74, 6) is -2.66. The van der Waals surface area contributed by atoms with Gasteiger partial charge in [-0.15, -0.1) is 0 Å². The number of aromatic hydroxyl groups is 1. The molecule has 2 rings (SSSR count). The molecule has 0 unspecified atom stereocenters. The number of nitrogens with two attached hydrogens (primary N) is 1. The quantitative estimate of drug-likeness (QED) is 0.633. The summed E-state index contributed by atoms with van der Waals surface area (Å²) in [5.41, 5.74) is 5.70. The topological polar surface area (TPSA) is 122 Å². The molecule has 0 bridgehead atoms. The molecule has 0 aliphatic rings. The fourth-order valence-electron chi connectivity index (χ4n) is 1.76. The van der Waals surface area contributed by atoms with E-state index < -0.39 is 17.7 Å². The van der Waals surface area contributed by atoms with E-state index in [0.717, 1.165) is 0 Å². The fourth-order valence-corrected chi connectivity index (χ4v) is 1.76. The van der Waals surface area contributed by atoms with Gasteiger partial charge in [-0.2, -0.15) is 0 Å². The molecule has 7 heteroatoms. The van der Waals surface area contributed by atoms with Crippen molar-refractivity contribution in [1.82, 2.24) is 0 Å². The minimum Gasteiger partial charge on any atom is -0.508 e. The molecular formula is C15H13N3O4. The van der Waals surface area contributed by atoms with Crippen LogP contribution in [0.3, 0.4) is 0 Å². The number of para-hydroxylation sites is 1. The van der Waals surface area contributed by atoms with Crippen molar-refractivity contribution in [3.8, 4) is 5.75 Å². The molecule has 7 nitrogen and oxygen atoms in total. The predicted molar refractivity (Wildman–Crippen MR) is 80.3 cm³/mol. The number of carbonyl (C=O) groups is 3. The van der Waals surface area contributed by atoms with Crippen molar-refractivity contribution in [2.24, 2.45) is 5.73 Å². The SMILES string of the molecule is NC(=O)c1ccccc1NC(=O)C(=O)Nc1cccc(O)c1. The number of hydrogen-bond acceptors (Lipinski definition) is 4. The monoisotopic (exact) mass is 299 g/mol. The first-order valence-electron chi connectivity index (χ1n) is 6.27. The maximum atomic E-state index is 11.8. The van der Waals surface area contributed by atoms with E-state index in [1.807, 2.05) is 0 Å². The van der Waals surface area contributed by atoms with Gasteiger partial charge in [0.2, 0.25) is 0 Å². The molecular weight excluding hydrogens is 286 g/mol. The number of rotatable bonds is 3. The number of carbonyl (C=O) groups excluding carboxylic acids is 3. The van der Waals surface area contributed by atoms with E-state index in [1.54, 1.807) is 12.1 Å². The summed E-state index contributed by atoms with van der Waals surface area (Å²) in [6, 6.07) is 11.8. The van der Waals surface area contributed by atoms with Crippen molar-refractivity contribution < 1.29 is 19.5 Å². The number of amides is 3. The number of benzene rings is 2. The van der Waals surface area contributed by atoms with Gasteiger partial charge in [0.1, 0.15) is 5.75 Å². The first-order valence-corrected chi connectivity index (χ1v) is 6.27. The first-order chi connectivity index (χ1) is 10.5. The third kappa shape index (κ3) is 3.60. The molecule has 0 heterocycles. The molecule has 0 radical (unpaired) electrons. The predicted octanol–water partition coefficient (Wildman–Crippen LogP) is 1.07. The second-order valence-corrected chi connectivity index (χ2v) is 4.37. The molecule has 0 fully saturated rings. The van der Waals surface area contributed by atoms with Crippen LogP contribution >= 0.6 is 0 Å². The zero-order valence-corrected chi connectivity index (χ0v) is 11.4. The van der Waals surface area contributed by atoms with Crippen LogP contribution in [-0.4, -0.2) is 22.8 Å². The molecule has 2 aromatic carbocycles. The van der Waals surface area contributed by atoms with Crippen LogP contribution in [0, 0.1) is 0 Å². The van der Waals surface area contributed by atoms with Gasteiger partial charge in [0.05, 0.1) is 11.3 Å². The summed E-state index contributed by atoms with van der Waals surface area (Å²) < 4.78 is 0. The Labute approximate surface area is 125 Å². The summed E-state index contributed by atoms with van der Waals surface area (Å²) in [6.45, 7) is 0. The Kier molecular flexibility index (Phi) is 4.38. The molecule has 0 saturated carbocycles. The first kappa shape index (κ1) is 15.0. The second kappa shape index (κ2) is 6.40. The lowest BCUT2D eigenvalue weighted by atomic mass is 10.1. The Morgan fingerprint density at radius 1 is 0.909 bits per heavy atom. The molecule has 0 aromatic heterocycles. The fraction of sp³-hybridized carbons (Fsp3) is 0. The van der Waals surface area contributed by atoms with Crippen LogP contribution in [-0.2, 0) is 9.59 Å². The van der Waals surface area contributed by atoms with Gasteiger partial charge < -0.3 is 21.5 Å². The van der Waals surface area contributed by atoms with Gasteiger partial charge in [-0.1, -0.05) is 18.2 Å². The molecule has 5 N–H and O–H groups in total. The van der Waals surface area contributed by atoms with E-state index in [1.165, 1.54) is 36.4 Å². The zero-order valence-electron chi connectivity index (χ0n) is 11.4. The van der Waals surface area contributed by atoms with Crippen molar-refractivity contribution in [2.75, 3.05) is 10.6 Å². The molecule has 0 aliphatic carbocycles. The van der Waals surface area contributed by atoms with Crippen LogP contribution in [0.1, 0.15) is 10.4 Å². The molecule has 3 amide bonds. The number of primary amides is 1. The maximum Gasteiger partial charge on any atom is 0.314 e. The number of nitrogens with one attached hydrogen (secondary N) is 2. The van der Waals surface area contributed by atoms with Gasteiger partial charge in [-0.3, -0.25) is 14.4 Å². The molecule has 112 valence electrons. The lowest BCUT2D eigenvalue weighted by Gasteiger charge is -2.09. The van der Waals surface area contributed by atoms with Crippen molar-refractivity contribution in [3.63, 3.8) is 0 Å². The van der Waals surface area contributed by atoms with Crippen molar-refractivity contribution in [3.05, 3.63) is 54.1 Å². The largest absolute Gasteiger partial charge is 0.508 e. The zero-order chi connectivity index (χ0) is 16.1. The highest BCUT2D eigenvalue weighted by molar-refractivity contribution is 6.44. The van der Waals surface area contributed by atoms with E-state index in [9.17, 15) is 19.5 Å². The number of phenols is 1. The van der Waals surface area contributed by atoms with Gasteiger partial charge in [-0.25, -0.2) is 0 Å². The molecule has 0 aliphatic heterocycles. The van der Waals surface area contributed by atoms with Crippen molar-refractivity contribution >= 4 is 29.1 Å². The second-order valence-electron chi connectivity index (χ2n) is 4.37. The normalized spacial score (nSPS) is 9.82. The van der Waals surface area contributed by atoms with Crippen molar-refractivity contribution in [2.45, 2.75) is 0 Å². The summed E-state index contributed by atoms with van der Waals surface area (Å²) in [6.07, 6.45) is 0. The molecule has 2 aromatic rings. The van der Waals surface area contributed by atoms with Gasteiger partial charge in [0, 0.05) is 11.8 Å².